The van der Waals surface area contributed by atoms with Gasteiger partial charge >= 0.3 is 5.97 Å². The standard InChI is InChI=1S/C11H9BrO2/c1-6-4-7-2-3-8(11(13)14)9(7)5-10(6)12/h3-5H,2H2,1H3,(H,13,14). The first kappa shape index (κ1) is 9.46. The van der Waals surface area contributed by atoms with Crippen LogP contribution in [0.2, 0.25) is 0 Å². The number of allylic oxidation sites excluding steroid dienone is 1. The Morgan fingerprint density at radius 1 is 1.50 bits per heavy atom. The van der Waals surface area contributed by atoms with Crippen molar-refractivity contribution < 1.29 is 9.90 Å². The number of halogens is 1. The largest absolute Gasteiger partial charge is 0.478 e. The smallest absolute Gasteiger partial charge is 0.335 e. The van der Waals surface area contributed by atoms with Crippen molar-refractivity contribution in [3.05, 3.63) is 39.4 Å². The van der Waals surface area contributed by atoms with Gasteiger partial charge in [-0.1, -0.05) is 28.1 Å². The highest BCUT2D eigenvalue weighted by Gasteiger charge is 2.20. The normalized spacial score (nSPS) is 13.7. The van der Waals surface area contributed by atoms with Gasteiger partial charge < -0.3 is 5.11 Å². The molecule has 0 aromatic heterocycles. The van der Waals surface area contributed by atoms with Crippen LogP contribution in [0.3, 0.4) is 0 Å². The quantitative estimate of drug-likeness (QED) is 0.835. The highest BCUT2D eigenvalue weighted by molar-refractivity contribution is 9.10. The van der Waals surface area contributed by atoms with E-state index in [-0.39, 0.29) is 0 Å². The Morgan fingerprint density at radius 3 is 2.86 bits per heavy atom. The molecule has 0 fully saturated rings. The maximum Gasteiger partial charge on any atom is 0.335 e. The van der Waals surface area contributed by atoms with Crippen molar-refractivity contribution in [3.8, 4) is 0 Å². The lowest BCUT2D eigenvalue weighted by Crippen LogP contribution is -1.98. The Labute approximate surface area is 90.4 Å². The van der Waals surface area contributed by atoms with Crippen molar-refractivity contribution in [2.75, 3.05) is 0 Å². The number of fused-ring (bicyclic) bond motifs is 1. The summed E-state index contributed by atoms with van der Waals surface area (Å²) in [6, 6.07) is 3.92. The van der Waals surface area contributed by atoms with Gasteiger partial charge in [0.2, 0.25) is 0 Å². The zero-order valence-corrected chi connectivity index (χ0v) is 9.26. The lowest BCUT2D eigenvalue weighted by molar-refractivity contribution is -0.130. The number of hydrogen-bond donors (Lipinski definition) is 1. The zero-order chi connectivity index (χ0) is 10.3. The maximum absolute atomic E-state index is 10.9. The van der Waals surface area contributed by atoms with Crippen LogP contribution in [0.25, 0.3) is 5.57 Å². The Kier molecular flexibility index (Phi) is 2.19. The van der Waals surface area contributed by atoms with E-state index >= 15 is 0 Å². The highest BCUT2D eigenvalue weighted by Crippen LogP contribution is 2.32. The molecule has 0 bridgehead atoms. The number of carboxylic acid groups (broad SMARTS) is 1. The molecule has 0 heterocycles. The molecule has 0 radical (unpaired) electrons. The van der Waals surface area contributed by atoms with Crippen LogP contribution < -0.4 is 0 Å². The van der Waals surface area contributed by atoms with Gasteiger partial charge in [0.1, 0.15) is 0 Å². The summed E-state index contributed by atoms with van der Waals surface area (Å²) in [7, 11) is 0. The van der Waals surface area contributed by atoms with Crippen molar-refractivity contribution in [1.29, 1.82) is 0 Å². The fourth-order valence-corrected chi connectivity index (χ4v) is 2.03. The summed E-state index contributed by atoms with van der Waals surface area (Å²) in [6.07, 6.45) is 2.49. The molecular weight excluding hydrogens is 244 g/mol. The van der Waals surface area contributed by atoms with E-state index in [1.54, 1.807) is 6.08 Å². The van der Waals surface area contributed by atoms with Crippen molar-refractivity contribution >= 4 is 27.5 Å². The molecule has 2 nitrogen and oxygen atoms in total. The second-order valence-electron chi connectivity index (χ2n) is 3.39. The van der Waals surface area contributed by atoms with Crippen LogP contribution in [0, 0.1) is 6.92 Å². The summed E-state index contributed by atoms with van der Waals surface area (Å²) in [4.78, 5) is 10.9. The summed E-state index contributed by atoms with van der Waals surface area (Å²) in [5.41, 5.74) is 3.50. The van der Waals surface area contributed by atoms with Gasteiger partial charge in [-0.25, -0.2) is 4.79 Å². The fraction of sp³-hybridized carbons (Fsp3) is 0.182. The van der Waals surface area contributed by atoms with E-state index in [4.69, 9.17) is 5.11 Å². The maximum atomic E-state index is 10.9. The van der Waals surface area contributed by atoms with E-state index in [0.29, 0.717) is 5.57 Å². The molecule has 72 valence electrons. The summed E-state index contributed by atoms with van der Waals surface area (Å²) < 4.78 is 0.963. The number of carbonyl (C=O) groups is 1. The van der Waals surface area contributed by atoms with Gasteiger partial charge in [-0.2, -0.15) is 0 Å². The molecule has 1 N–H and O–H groups in total. The monoisotopic (exact) mass is 252 g/mol. The Morgan fingerprint density at radius 2 is 2.21 bits per heavy atom. The van der Waals surface area contributed by atoms with E-state index in [9.17, 15) is 4.79 Å². The number of aryl methyl sites for hydroxylation is 1. The van der Waals surface area contributed by atoms with Crippen LogP contribution in [0.1, 0.15) is 16.7 Å². The van der Waals surface area contributed by atoms with Crippen LogP contribution in [0.15, 0.2) is 22.7 Å². The molecule has 0 unspecified atom stereocenters. The first-order valence-electron chi connectivity index (χ1n) is 4.32. The average molecular weight is 253 g/mol. The SMILES string of the molecule is Cc1cc2c(cc1Br)C(C(=O)O)=CC2. The molecule has 1 aliphatic rings. The van der Waals surface area contributed by atoms with Crippen LogP contribution in [-0.2, 0) is 11.2 Å². The van der Waals surface area contributed by atoms with Gasteiger partial charge in [0.25, 0.3) is 0 Å². The molecule has 1 aromatic rings. The number of benzene rings is 1. The molecule has 1 aromatic carbocycles. The van der Waals surface area contributed by atoms with E-state index < -0.39 is 5.97 Å². The molecule has 1 aliphatic carbocycles. The molecule has 0 spiro atoms. The van der Waals surface area contributed by atoms with Crippen molar-refractivity contribution in [2.45, 2.75) is 13.3 Å². The average Bonchev–Trinajstić information content (AvgIpc) is 2.48. The molecule has 0 saturated carbocycles. The zero-order valence-electron chi connectivity index (χ0n) is 7.67. The molecular formula is C11H9BrO2. The predicted molar refractivity (Wildman–Crippen MR) is 58.2 cm³/mol. The molecule has 0 aliphatic heterocycles. The number of rotatable bonds is 1. The molecule has 3 heteroatoms. The summed E-state index contributed by atoms with van der Waals surface area (Å²) in [5.74, 6) is -0.848. The topological polar surface area (TPSA) is 37.3 Å². The van der Waals surface area contributed by atoms with Gasteiger partial charge in [-0.15, -0.1) is 0 Å². The lowest BCUT2D eigenvalue weighted by Gasteiger charge is -2.05. The van der Waals surface area contributed by atoms with Crippen LogP contribution in [0.5, 0.6) is 0 Å². The minimum Gasteiger partial charge on any atom is -0.478 e. The highest BCUT2D eigenvalue weighted by atomic mass is 79.9. The Hall–Kier alpha value is -1.09. The van der Waals surface area contributed by atoms with Gasteiger partial charge in [-0.3, -0.25) is 0 Å². The van der Waals surface area contributed by atoms with Crippen LogP contribution in [-0.4, -0.2) is 11.1 Å². The minimum atomic E-state index is -0.848. The number of aliphatic carboxylic acids is 1. The molecule has 0 amide bonds. The van der Waals surface area contributed by atoms with Gasteiger partial charge in [0.05, 0.1) is 5.57 Å². The lowest BCUT2D eigenvalue weighted by atomic mass is 10.0. The van der Waals surface area contributed by atoms with E-state index in [0.717, 1.165) is 27.6 Å². The Balaban J connectivity index is 2.57. The van der Waals surface area contributed by atoms with Crippen molar-refractivity contribution in [2.24, 2.45) is 0 Å². The molecule has 2 rings (SSSR count). The third-order valence-electron chi connectivity index (χ3n) is 2.43. The third kappa shape index (κ3) is 1.38. The van der Waals surface area contributed by atoms with Crippen molar-refractivity contribution in [3.63, 3.8) is 0 Å². The fourth-order valence-electron chi connectivity index (χ4n) is 1.69. The molecule has 14 heavy (non-hydrogen) atoms. The van der Waals surface area contributed by atoms with Gasteiger partial charge in [0, 0.05) is 4.47 Å². The summed E-state index contributed by atoms with van der Waals surface area (Å²) in [5, 5.41) is 8.94. The first-order valence-corrected chi connectivity index (χ1v) is 5.11. The van der Waals surface area contributed by atoms with E-state index in [1.807, 2.05) is 19.1 Å². The third-order valence-corrected chi connectivity index (χ3v) is 3.29. The van der Waals surface area contributed by atoms with Crippen LogP contribution >= 0.6 is 15.9 Å². The summed E-state index contributed by atoms with van der Waals surface area (Å²) >= 11 is 3.41. The van der Waals surface area contributed by atoms with Crippen LogP contribution in [0.4, 0.5) is 0 Å². The number of carboxylic acids is 1. The first-order chi connectivity index (χ1) is 6.59. The van der Waals surface area contributed by atoms with E-state index in [1.165, 1.54) is 0 Å². The van der Waals surface area contributed by atoms with Gasteiger partial charge in [0.15, 0.2) is 0 Å². The molecule has 0 atom stereocenters. The predicted octanol–water partition coefficient (Wildman–Crippen LogP) is 2.78. The number of hydrogen-bond acceptors (Lipinski definition) is 1. The Bertz CT molecular complexity index is 447. The second kappa shape index (κ2) is 3.24. The summed E-state index contributed by atoms with van der Waals surface area (Å²) in [6.45, 7) is 2.00. The van der Waals surface area contributed by atoms with E-state index in [2.05, 4.69) is 15.9 Å². The van der Waals surface area contributed by atoms with Crippen molar-refractivity contribution in [1.82, 2.24) is 0 Å². The molecule has 0 saturated heterocycles. The second-order valence-corrected chi connectivity index (χ2v) is 4.24. The minimum absolute atomic E-state index is 0.417. The van der Waals surface area contributed by atoms with Gasteiger partial charge in [-0.05, 0) is 36.1 Å².